The molecule has 1 aliphatic rings. The Bertz CT molecular complexity index is 1520. The number of nitrogens with zero attached hydrogens (tertiary/aromatic N) is 1. The molecule has 3 aromatic carbocycles. The zero-order valence-electron chi connectivity index (χ0n) is 20.1. The molecule has 1 saturated heterocycles. The molecule has 0 bridgehead atoms. The number of ether oxygens (including phenoxy) is 1. The lowest BCUT2D eigenvalue weighted by Crippen LogP contribution is -2.54. The van der Waals surface area contributed by atoms with Gasteiger partial charge in [0, 0.05) is 16.3 Å². The Kier molecular flexibility index (Phi) is 8.06. The van der Waals surface area contributed by atoms with E-state index in [0.717, 1.165) is 16.0 Å². The van der Waals surface area contributed by atoms with Gasteiger partial charge < -0.3 is 10.1 Å². The summed E-state index contributed by atoms with van der Waals surface area (Å²) in [5.41, 5.74) is 2.55. The molecule has 1 fully saturated rings. The first-order valence-electron chi connectivity index (χ1n) is 11.2. The number of carbonyl (C=O) groups excluding carboxylic acids is 4. The summed E-state index contributed by atoms with van der Waals surface area (Å²) in [6, 6.07) is 13.4. The topological polar surface area (TPSA) is 105 Å². The van der Waals surface area contributed by atoms with Crippen LogP contribution in [0.4, 0.5) is 16.2 Å². The molecule has 8 nitrogen and oxygen atoms in total. The van der Waals surface area contributed by atoms with Crippen LogP contribution < -0.4 is 20.3 Å². The first-order chi connectivity index (χ1) is 18.0. The number of hydrogen-bond donors (Lipinski definition) is 2. The average molecular weight is 573 g/mol. The fourth-order valence-electron chi connectivity index (χ4n) is 3.64. The van der Waals surface area contributed by atoms with Gasteiger partial charge in [-0.05, 0) is 73.5 Å². The quantitative estimate of drug-likeness (QED) is 0.281. The van der Waals surface area contributed by atoms with Crippen LogP contribution >= 0.6 is 34.8 Å². The van der Waals surface area contributed by atoms with Gasteiger partial charge in [-0.3, -0.25) is 19.7 Å². The third-order valence-corrected chi connectivity index (χ3v) is 6.53. The predicted octanol–water partition coefficient (Wildman–Crippen LogP) is 5.95. The van der Waals surface area contributed by atoms with Crippen molar-refractivity contribution >= 4 is 76.0 Å². The highest BCUT2D eigenvalue weighted by Gasteiger charge is 2.37. The highest BCUT2D eigenvalue weighted by atomic mass is 35.5. The molecule has 2 N–H and O–H groups in total. The summed E-state index contributed by atoms with van der Waals surface area (Å²) < 4.78 is 5.70. The molecule has 11 heteroatoms. The van der Waals surface area contributed by atoms with Crippen LogP contribution in [0.25, 0.3) is 6.08 Å². The highest BCUT2D eigenvalue weighted by molar-refractivity contribution is 6.43. The van der Waals surface area contributed by atoms with Gasteiger partial charge >= 0.3 is 6.03 Å². The van der Waals surface area contributed by atoms with Crippen molar-refractivity contribution in [3.8, 4) is 5.75 Å². The third kappa shape index (κ3) is 5.99. The van der Waals surface area contributed by atoms with Gasteiger partial charge in [-0.1, -0.05) is 46.9 Å². The van der Waals surface area contributed by atoms with Gasteiger partial charge in [0.25, 0.3) is 17.7 Å². The van der Waals surface area contributed by atoms with Crippen LogP contribution in [-0.2, 0) is 14.4 Å². The maximum Gasteiger partial charge on any atom is 0.335 e. The second-order valence-corrected chi connectivity index (χ2v) is 9.64. The number of benzene rings is 3. The second-order valence-electron chi connectivity index (χ2n) is 8.39. The van der Waals surface area contributed by atoms with Crippen molar-refractivity contribution in [1.29, 1.82) is 0 Å². The van der Waals surface area contributed by atoms with Crippen LogP contribution in [0.5, 0.6) is 5.75 Å². The highest BCUT2D eigenvalue weighted by Crippen LogP contribution is 2.31. The molecule has 4 rings (SSSR count). The SMILES string of the molecule is Cc1ccc(C)c(NC(=O)COc2ccc(Cl)cc2/C=C2/C(=O)NC(=O)N(c3ccc(Cl)c(Cl)c3)C2=O)c1. The monoisotopic (exact) mass is 571 g/mol. The van der Waals surface area contributed by atoms with Crippen molar-refractivity contribution in [3.05, 3.63) is 91.9 Å². The molecule has 1 aliphatic heterocycles. The Balaban J connectivity index is 1.59. The van der Waals surface area contributed by atoms with Crippen molar-refractivity contribution < 1.29 is 23.9 Å². The van der Waals surface area contributed by atoms with Gasteiger partial charge in [-0.25, -0.2) is 9.69 Å². The summed E-state index contributed by atoms with van der Waals surface area (Å²) in [6.45, 7) is 3.44. The number of amides is 5. The minimum atomic E-state index is -0.943. The smallest absolute Gasteiger partial charge is 0.335 e. The first-order valence-corrected chi connectivity index (χ1v) is 12.3. The van der Waals surface area contributed by atoms with E-state index in [1.165, 1.54) is 42.5 Å². The van der Waals surface area contributed by atoms with Crippen LogP contribution in [0, 0.1) is 13.8 Å². The zero-order valence-corrected chi connectivity index (χ0v) is 22.4. The van der Waals surface area contributed by atoms with Crippen LogP contribution in [0.3, 0.4) is 0 Å². The Morgan fingerprint density at radius 2 is 1.74 bits per heavy atom. The number of rotatable bonds is 6. The molecule has 0 radical (unpaired) electrons. The third-order valence-electron chi connectivity index (χ3n) is 5.56. The standard InChI is InChI=1S/C27H20Cl3N3O5/c1-14-3-4-15(2)22(9-14)31-24(34)13-38-23-8-5-17(28)10-16(23)11-19-25(35)32-27(37)33(26(19)36)18-6-7-20(29)21(30)12-18/h3-12H,13H2,1-2H3,(H,31,34)(H,32,35,37)/b19-11-. The fraction of sp³-hybridized carbons (Fsp3) is 0.111. The maximum atomic E-state index is 13.2. The molecule has 0 atom stereocenters. The maximum absolute atomic E-state index is 13.2. The number of nitrogens with one attached hydrogen (secondary N) is 2. The number of urea groups is 1. The molecule has 0 spiro atoms. The van der Waals surface area contributed by atoms with Crippen molar-refractivity contribution in [2.45, 2.75) is 13.8 Å². The molecule has 0 aromatic heterocycles. The van der Waals surface area contributed by atoms with Gasteiger partial charge in [0.1, 0.15) is 11.3 Å². The number of imide groups is 2. The van der Waals surface area contributed by atoms with Crippen molar-refractivity contribution in [2.24, 2.45) is 0 Å². The minimum Gasteiger partial charge on any atom is -0.483 e. The van der Waals surface area contributed by atoms with Gasteiger partial charge in [0.2, 0.25) is 0 Å². The van der Waals surface area contributed by atoms with Gasteiger partial charge in [0.05, 0.1) is 15.7 Å². The Hall–Kier alpha value is -3.85. The largest absolute Gasteiger partial charge is 0.483 e. The summed E-state index contributed by atoms with van der Waals surface area (Å²) in [6.07, 6.45) is 1.23. The van der Waals surface area contributed by atoms with Crippen molar-refractivity contribution in [3.63, 3.8) is 0 Å². The average Bonchev–Trinajstić information content (AvgIpc) is 2.85. The number of aryl methyl sites for hydroxylation is 2. The van der Waals surface area contributed by atoms with E-state index in [4.69, 9.17) is 39.5 Å². The number of anilines is 2. The summed E-state index contributed by atoms with van der Waals surface area (Å²) in [5.74, 6) is -2.02. The zero-order chi connectivity index (χ0) is 27.6. The second kappa shape index (κ2) is 11.3. The normalized spacial score (nSPS) is 14.5. The van der Waals surface area contributed by atoms with Crippen LogP contribution in [0.2, 0.25) is 15.1 Å². The predicted molar refractivity (Wildman–Crippen MR) is 147 cm³/mol. The van der Waals surface area contributed by atoms with E-state index in [0.29, 0.717) is 10.7 Å². The van der Waals surface area contributed by atoms with E-state index in [1.54, 1.807) is 0 Å². The molecular weight excluding hydrogens is 553 g/mol. The number of hydrogen-bond acceptors (Lipinski definition) is 5. The van der Waals surface area contributed by atoms with E-state index in [1.807, 2.05) is 32.0 Å². The van der Waals surface area contributed by atoms with E-state index < -0.39 is 23.8 Å². The van der Waals surface area contributed by atoms with E-state index >= 15 is 0 Å². The molecule has 0 aliphatic carbocycles. The van der Waals surface area contributed by atoms with Crippen molar-refractivity contribution in [2.75, 3.05) is 16.8 Å². The van der Waals surface area contributed by atoms with E-state index in [2.05, 4.69) is 10.6 Å². The molecule has 5 amide bonds. The number of halogens is 3. The molecular formula is C27H20Cl3N3O5. The first kappa shape index (κ1) is 27.2. The Morgan fingerprint density at radius 1 is 0.974 bits per heavy atom. The van der Waals surface area contributed by atoms with E-state index in [9.17, 15) is 19.2 Å². The molecule has 38 heavy (non-hydrogen) atoms. The summed E-state index contributed by atoms with van der Waals surface area (Å²) in [7, 11) is 0. The molecule has 0 saturated carbocycles. The minimum absolute atomic E-state index is 0.117. The Morgan fingerprint density at radius 3 is 2.47 bits per heavy atom. The lowest BCUT2D eigenvalue weighted by atomic mass is 10.1. The number of barbiturate groups is 1. The lowest BCUT2D eigenvalue weighted by Gasteiger charge is -2.26. The van der Waals surface area contributed by atoms with Crippen LogP contribution in [0.1, 0.15) is 16.7 Å². The van der Waals surface area contributed by atoms with Gasteiger partial charge in [0.15, 0.2) is 6.61 Å². The van der Waals surface area contributed by atoms with E-state index in [-0.39, 0.29) is 39.2 Å². The van der Waals surface area contributed by atoms with Crippen molar-refractivity contribution in [1.82, 2.24) is 5.32 Å². The van der Waals surface area contributed by atoms with Crippen LogP contribution in [-0.4, -0.2) is 30.4 Å². The fourth-order valence-corrected chi connectivity index (χ4v) is 4.11. The van der Waals surface area contributed by atoms with Gasteiger partial charge in [-0.15, -0.1) is 0 Å². The summed E-state index contributed by atoms with van der Waals surface area (Å²) in [5, 5.41) is 5.58. The summed E-state index contributed by atoms with van der Waals surface area (Å²) in [4.78, 5) is 51.6. The Labute approximate surface area is 233 Å². The van der Waals surface area contributed by atoms with Crippen LogP contribution in [0.15, 0.2) is 60.2 Å². The van der Waals surface area contributed by atoms with Gasteiger partial charge in [-0.2, -0.15) is 0 Å². The molecule has 0 unspecified atom stereocenters. The molecule has 3 aromatic rings. The molecule has 194 valence electrons. The lowest BCUT2D eigenvalue weighted by molar-refractivity contribution is -0.122. The number of carbonyl (C=O) groups is 4. The molecule has 1 heterocycles. The summed E-state index contributed by atoms with van der Waals surface area (Å²) >= 11 is 18.1.